The number of nitrogens with zero attached hydrogens (tertiary/aromatic N) is 1. The van der Waals surface area contributed by atoms with Crippen molar-refractivity contribution in [2.75, 3.05) is 33.4 Å². The molecule has 198 valence electrons. The molecule has 1 N–H and O–H groups in total. The average molecular weight is 514 g/mol. The van der Waals surface area contributed by atoms with Gasteiger partial charge in [0.1, 0.15) is 5.75 Å². The maximum atomic E-state index is 12.5. The molecular weight excluding hydrogens is 477 g/mol. The Balaban J connectivity index is 1.53. The minimum absolute atomic E-state index is 0.240. The van der Waals surface area contributed by atoms with Crippen LogP contribution in [0.2, 0.25) is 0 Å². The summed E-state index contributed by atoms with van der Waals surface area (Å²) in [5, 5.41) is 9.60. The van der Waals surface area contributed by atoms with Crippen molar-refractivity contribution >= 4 is 17.1 Å². The monoisotopic (exact) mass is 513 g/mol. The van der Waals surface area contributed by atoms with Crippen LogP contribution in [0.15, 0.2) is 60.7 Å². The van der Waals surface area contributed by atoms with Crippen LogP contribution in [0.4, 0.5) is 4.39 Å². The molecule has 0 aromatic heterocycles. The summed E-state index contributed by atoms with van der Waals surface area (Å²) < 4.78 is 18.1. The molecule has 0 bridgehead atoms. The number of hydrogen-bond acceptors (Lipinski definition) is 3. The summed E-state index contributed by atoms with van der Waals surface area (Å²) in [7, 11) is 1.71. The maximum Gasteiger partial charge on any atom is 0.335 e. The first-order chi connectivity index (χ1) is 18.5. The van der Waals surface area contributed by atoms with Gasteiger partial charge in [0.2, 0.25) is 0 Å². The topological polar surface area (TPSA) is 49.8 Å². The molecule has 2 aliphatic rings. The number of aromatic carboxylic acids is 1. The van der Waals surface area contributed by atoms with Crippen molar-refractivity contribution in [3.63, 3.8) is 0 Å². The number of fused-ring (bicyclic) bond motifs is 1. The van der Waals surface area contributed by atoms with E-state index in [0.717, 1.165) is 73.3 Å². The molecule has 3 aromatic rings. The molecular formula is C33H36FNO3. The Bertz CT molecular complexity index is 1340. The van der Waals surface area contributed by atoms with E-state index >= 15 is 0 Å². The third-order valence-electron chi connectivity index (χ3n) is 8.03. The van der Waals surface area contributed by atoms with Gasteiger partial charge in [0.15, 0.2) is 0 Å². The number of aryl methyl sites for hydroxylation is 1. The smallest absolute Gasteiger partial charge is 0.335 e. The summed E-state index contributed by atoms with van der Waals surface area (Å²) in [5.74, 6) is 0.606. The second-order valence-electron chi connectivity index (χ2n) is 10.6. The molecule has 5 heteroatoms. The highest BCUT2D eigenvalue weighted by Crippen LogP contribution is 2.42. The number of allylic oxidation sites excluding steroid dienone is 1. The van der Waals surface area contributed by atoms with Gasteiger partial charge in [-0.1, -0.05) is 42.5 Å². The van der Waals surface area contributed by atoms with E-state index in [1.807, 2.05) is 24.3 Å². The molecule has 1 aliphatic heterocycles. The fourth-order valence-corrected chi connectivity index (χ4v) is 6.09. The number of hydrogen-bond donors (Lipinski definition) is 1. The third kappa shape index (κ3) is 5.39. The van der Waals surface area contributed by atoms with Gasteiger partial charge >= 0.3 is 5.97 Å². The van der Waals surface area contributed by atoms with Gasteiger partial charge in [-0.15, -0.1) is 0 Å². The van der Waals surface area contributed by atoms with Crippen molar-refractivity contribution in [3.05, 3.63) is 99.6 Å². The van der Waals surface area contributed by atoms with E-state index in [1.165, 1.54) is 22.3 Å². The van der Waals surface area contributed by atoms with Gasteiger partial charge in [0.05, 0.1) is 19.3 Å². The van der Waals surface area contributed by atoms with Gasteiger partial charge in [0.25, 0.3) is 0 Å². The Morgan fingerprint density at radius 1 is 1.05 bits per heavy atom. The zero-order valence-electron chi connectivity index (χ0n) is 22.3. The summed E-state index contributed by atoms with van der Waals surface area (Å²) in [4.78, 5) is 14.0. The molecule has 4 nitrogen and oxygen atoms in total. The van der Waals surface area contributed by atoms with Crippen molar-refractivity contribution in [1.82, 2.24) is 4.90 Å². The molecule has 38 heavy (non-hydrogen) atoms. The Morgan fingerprint density at radius 2 is 1.84 bits per heavy atom. The first-order valence-electron chi connectivity index (χ1n) is 13.6. The number of methoxy groups -OCH3 is 1. The first-order valence-corrected chi connectivity index (χ1v) is 13.6. The van der Waals surface area contributed by atoms with Gasteiger partial charge in [-0.25, -0.2) is 4.79 Å². The summed E-state index contributed by atoms with van der Waals surface area (Å²) in [6.45, 7) is 4.82. The van der Waals surface area contributed by atoms with E-state index < -0.39 is 5.97 Å². The Kier molecular flexibility index (Phi) is 7.94. The molecule has 1 saturated heterocycles. The fourth-order valence-electron chi connectivity index (χ4n) is 6.09. The molecule has 0 amide bonds. The molecule has 3 aromatic carbocycles. The van der Waals surface area contributed by atoms with Gasteiger partial charge in [0, 0.05) is 19.6 Å². The van der Waals surface area contributed by atoms with Crippen LogP contribution in [0.3, 0.4) is 0 Å². The molecule has 0 spiro atoms. The number of benzene rings is 3. The Labute approximate surface area is 224 Å². The summed E-state index contributed by atoms with van der Waals surface area (Å²) in [6.07, 6.45) is 4.35. The summed E-state index contributed by atoms with van der Waals surface area (Å²) >= 11 is 0. The van der Waals surface area contributed by atoms with Gasteiger partial charge < -0.3 is 14.7 Å². The zero-order valence-corrected chi connectivity index (χ0v) is 22.3. The Morgan fingerprint density at radius 3 is 2.55 bits per heavy atom. The number of halogens is 1. The van der Waals surface area contributed by atoms with Crippen LogP contribution >= 0.6 is 0 Å². The highest BCUT2D eigenvalue weighted by molar-refractivity contribution is 6.01. The molecule has 0 saturated carbocycles. The van der Waals surface area contributed by atoms with Crippen molar-refractivity contribution in [2.24, 2.45) is 5.92 Å². The SMILES string of the molecule is COc1cccc(C2=C(c3ccc(CC4CN(CCCF)C4)cc3)c3ccc(C(=O)O)cc3CCC2)c1C. The van der Waals surface area contributed by atoms with Crippen molar-refractivity contribution < 1.29 is 19.0 Å². The number of rotatable bonds is 9. The van der Waals surface area contributed by atoms with Gasteiger partial charge in [-0.2, -0.15) is 0 Å². The van der Waals surface area contributed by atoms with Crippen LogP contribution < -0.4 is 4.74 Å². The van der Waals surface area contributed by atoms with E-state index in [9.17, 15) is 14.3 Å². The molecule has 1 aliphatic carbocycles. The number of carboxylic acid groups (broad SMARTS) is 1. The predicted molar refractivity (Wildman–Crippen MR) is 151 cm³/mol. The fraction of sp³-hybridized carbons (Fsp3) is 0.364. The largest absolute Gasteiger partial charge is 0.496 e. The molecule has 5 rings (SSSR count). The molecule has 1 heterocycles. The summed E-state index contributed by atoms with van der Waals surface area (Å²) in [5.41, 5.74) is 9.75. The lowest BCUT2D eigenvalue weighted by Crippen LogP contribution is -2.47. The minimum Gasteiger partial charge on any atom is -0.496 e. The zero-order chi connectivity index (χ0) is 26.6. The number of likely N-dealkylation sites (tertiary alicyclic amines) is 1. The number of ether oxygens (including phenoxy) is 1. The quantitative estimate of drug-likeness (QED) is 0.341. The van der Waals surface area contributed by atoms with E-state index in [2.05, 4.69) is 42.2 Å². The minimum atomic E-state index is -0.893. The number of carbonyl (C=O) groups is 1. The lowest BCUT2D eigenvalue weighted by Gasteiger charge is -2.39. The highest BCUT2D eigenvalue weighted by Gasteiger charge is 2.26. The molecule has 0 unspecified atom stereocenters. The lowest BCUT2D eigenvalue weighted by molar-refractivity contribution is 0.0696. The second kappa shape index (κ2) is 11.5. The maximum absolute atomic E-state index is 12.5. The van der Waals surface area contributed by atoms with Crippen molar-refractivity contribution in [3.8, 4) is 5.75 Å². The van der Waals surface area contributed by atoms with E-state index in [0.29, 0.717) is 17.9 Å². The van der Waals surface area contributed by atoms with Crippen molar-refractivity contribution in [2.45, 2.75) is 39.0 Å². The number of carboxylic acids is 1. The van der Waals surface area contributed by atoms with Crippen LogP contribution in [0.1, 0.15) is 63.0 Å². The van der Waals surface area contributed by atoms with E-state index in [-0.39, 0.29) is 6.67 Å². The van der Waals surface area contributed by atoms with Crippen LogP contribution in [0.5, 0.6) is 5.75 Å². The third-order valence-corrected chi connectivity index (χ3v) is 8.03. The molecule has 1 fully saturated rings. The van der Waals surface area contributed by atoms with Gasteiger partial charge in [-0.3, -0.25) is 4.39 Å². The standard InChI is InChI=1S/C33H36FNO3/c1-22-28(7-4-9-31(22)38-2)30-8-3-6-26-19-27(33(36)37)14-15-29(26)32(30)25-12-10-23(11-13-25)18-24-20-35(21-24)17-5-16-34/h4,7,9-15,19,24H,3,5-6,8,16-18,20-21H2,1-2H3,(H,36,37). The van der Waals surface area contributed by atoms with E-state index in [1.54, 1.807) is 13.2 Å². The lowest BCUT2D eigenvalue weighted by atomic mass is 9.85. The van der Waals surface area contributed by atoms with E-state index in [4.69, 9.17) is 4.74 Å². The molecule has 0 radical (unpaired) electrons. The summed E-state index contributed by atoms with van der Waals surface area (Å²) in [6, 6.07) is 20.7. The van der Waals surface area contributed by atoms with Crippen LogP contribution in [0, 0.1) is 12.8 Å². The second-order valence-corrected chi connectivity index (χ2v) is 10.6. The van der Waals surface area contributed by atoms with Crippen LogP contribution in [-0.2, 0) is 12.8 Å². The number of alkyl halides is 1. The highest BCUT2D eigenvalue weighted by atomic mass is 19.1. The molecule has 0 atom stereocenters. The van der Waals surface area contributed by atoms with Crippen LogP contribution in [-0.4, -0.2) is 49.4 Å². The Hall–Kier alpha value is -3.44. The normalized spacial score (nSPS) is 16.1. The van der Waals surface area contributed by atoms with Crippen molar-refractivity contribution in [1.29, 1.82) is 0 Å². The first kappa shape index (κ1) is 26.2. The average Bonchev–Trinajstić information content (AvgIpc) is 3.09. The van der Waals surface area contributed by atoms with Crippen LogP contribution in [0.25, 0.3) is 11.1 Å². The predicted octanol–water partition coefficient (Wildman–Crippen LogP) is 6.83. The van der Waals surface area contributed by atoms with Gasteiger partial charge in [-0.05, 0) is 108 Å².